The van der Waals surface area contributed by atoms with Gasteiger partial charge in [0.1, 0.15) is 13.1 Å². The third kappa shape index (κ3) is 23.3. The van der Waals surface area contributed by atoms with Crippen LogP contribution >= 0.6 is 0 Å². The monoisotopic (exact) mass is 615 g/mol. The highest BCUT2D eigenvalue weighted by Gasteiger charge is 2.50. The van der Waals surface area contributed by atoms with E-state index in [0.29, 0.717) is 19.6 Å². The molecule has 0 saturated carbocycles. The van der Waals surface area contributed by atoms with Crippen molar-refractivity contribution in [3.8, 4) is 0 Å². The molecule has 0 aromatic heterocycles. The van der Waals surface area contributed by atoms with Crippen LogP contribution in [0.5, 0.6) is 0 Å². The van der Waals surface area contributed by atoms with Crippen molar-refractivity contribution in [2.45, 2.75) is 180 Å². The maximum absolute atomic E-state index is 12.2. The molecule has 43 heavy (non-hydrogen) atoms. The zero-order chi connectivity index (χ0) is 32.1. The molecule has 0 aromatic rings. The molecule has 0 aromatic carbocycles. The Kier molecular flexibility index (Phi) is 28.3. The number of nitrogens with zero attached hydrogens (tertiary/aromatic N) is 2. The predicted molar refractivity (Wildman–Crippen MR) is 184 cm³/mol. The van der Waals surface area contributed by atoms with Gasteiger partial charge in [-0.15, -0.1) is 0 Å². The average molecular weight is 615 g/mol. The summed E-state index contributed by atoms with van der Waals surface area (Å²) in [6, 6.07) is 0. The SMILES string of the molecule is CCCCCCCCCCCCCCCCCCCCCCCCCCCC[N+](CCO)(CCO)C(C(=O)O)[N+](C)(C)C. The molecule has 0 heterocycles. The van der Waals surface area contributed by atoms with Crippen molar-refractivity contribution in [3.05, 3.63) is 0 Å². The predicted octanol–water partition coefficient (Wildman–Crippen LogP) is 9.07. The molecule has 6 nitrogen and oxygen atoms in total. The lowest BCUT2D eigenvalue weighted by Gasteiger charge is -2.46. The first kappa shape index (κ1) is 42.3. The van der Waals surface area contributed by atoms with E-state index in [1.165, 1.54) is 154 Å². The minimum absolute atomic E-state index is 0.0662. The Morgan fingerprint density at radius 1 is 0.465 bits per heavy atom. The third-order valence-corrected chi connectivity index (χ3v) is 9.52. The van der Waals surface area contributed by atoms with Crippen LogP contribution in [0.15, 0.2) is 0 Å². The number of hydrogen-bond donors (Lipinski definition) is 3. The molecule has 0 saturated heterocycles. The normalized spacial score (nSPS) is 13.1. The molecule has 0 spiro atoms. The molecule has 1 unspecified atom stereocenters. The van der Waals surface area contributed by atoms with Crippen LogP contribution in [0.25, 0.3) is 0 Å². The summed E-state index contributed by atoms with van der Waals surface area (Å²) >= 11 is 0. The van der Waals surface area contributed by atoms with Crippen molar-refractivity contribution in [1.82, 2.24) is 0 Å². The number of aliphatic carboxylic acids is 1. The second-order valence-corrected chi connectivity index (χ2v) is 14.5. The highest BCUT2D eigenvalue weighted by atomic mass is 16.4. The van der Waals surface area contributed by atoms with E-state index < -0.39 is 12.1 Å². The summed E-state index contributed by atoms with van der Waals surface area (Å²) in [6.07, 6.45) is 34.9. The van der Waals surface area contributed by atoms with Crippen LogP contribution < -0.4 is 0 Å². The van der Waals surface area contributed by atoms with Gasteiger partial charge < -0.3 is 15.3 Å². The molecule has 6 heteroatoms. The van der Waals surface area contributed by atoms with Gasteiger partial charge in [0.05, 0.1) is 40.9 Å². The lowest BCUT2D eigenvalue weighted by Crippen LogP contribution is -2.71. The summed E-state index contributed by atoms with van der Waals surface area (Å²) in [4.78, 5) is 12.2. The fourth-order valence-corrected chi connectivity index (χ4v) is 7.14. The molecule has 0 aliphatic rings. The zero-order valence-corrected chi connectivity index (χ0v) is 29.6. The topological polar surface area (TPSA) is 77.8 Å². The van der Waals surface area contributed by atoms with E-state index >= 15 is 0 Å². The molecule has 0 amide bonds. The molecular formula is C37H78N2O4+2. The Balaban J connectivity index is 3.65. The van der Waals surface area contributed by atoms with Crippen LogP contribution in [0, 0.1) is 0 Å². The molecule has 0 aliphatic heterocycles. The van der Waals surface area contributed by atoms with Gasteiger partial charge in [-0.25, -0.2) is 4.79 Å². The van der Waals surface area contributed by atoms with Gasteiger partial charge in [-0.3, -0.25) is 8.97 Å². The summed E-state index contributed by atoms with van der Waals surface area (Å²) < 4.78 is 0.514. The summed E-state index contributed by atoms with van der Waals surface area (Å²) in [6.45, 7) is 3.58. The Hall–Kier alpha value is -0.690. The highest BCUT2D eigenvalue weighted by Crippen LogP contribution is 2.23. The maximum Gasteiger partial charge on any atom is 0.423 e. The lowest BCUT2D eigenvalue weighted by molar-refractivity contribution is -1.10. The van der Waals surface area contributed by atoms with Gasteiger partial charge in [0, 0.05) is 0 Å². The van der Waals surface area contributed by atoms with Crippen molar-refractivity contribution in [3.63, 3.8) is 0 Å². The summed E-state index contributed by atoms with van der Waals surface area (Å²) in [5.74, 6) is -0.857. The third-order valence-electron chi connectivity index (χ3n) is 9.52. The van der Waals surface area contributed by atoms with Crippen molar-refractivity contribution in [1.29, 1.82) is 0 Å². The molecule has 258 valence electrons. The van der Waals surface area contributed by atoms with Crippen molar-refractivity contribution < 1.29 is 29.1 Å². The summed E-state index contributed by atoms with van der Waals surface area (Å²) in [5.41, 5.74) is 0. The van der Waals surface area contributed by atoms with Crippen LogP contribution in [0.4, 0.5) is 0 Å². The smallest absolute Gasteiger partial charge is 0.423 e. The lowest BCUT2D eigenvalue weighted by atomic mass is 10.0. The minimum Gasteiger partial charge on any atom is -0.472 e. The van der Waals surface area contributed by atoms with Gasteiger partial charge in [0.2, 0.25) is 0 Å². The zero-order valence-electron chi connectivity index (χ0n) is 29.6. The number of carboxylic acids is 1. The molecule has 0 rings (SSSR count). The van der Waals surface area contributed by atoms with Crippen molar-refractivity contribution in [2.75, 3.05) is 54.0 Å². The number of quaternary nitrogens is 2. The molecule has 3 N–H and O–H groups in total. The van der Waals surface area contributed by atoms with Gasteiger partial charge in [0.15, 0.2) is 0 Å². The van der Waals surface area contributed by atoms with Crippen LogP contribution in [-0.4, -0.2) is 90.4 Å². The first-order chi connectivity index (χ1) is 20.7. The van der Waals surface area contributed by atoms with E-state index in [2.05, 4.69) is 6.92 Å². The molecule has 0 bridgehead atoms. The second-order valence-electron chi connectivity index (χ2n) is 14.5. The van der Waals surface area contributed by atoms with Crippen LogP contribution in [-0.2, 0) is 4.79 Å². The van der Waals surface area contributed by atoms with Crippen LogP contribution in [0.3, 0.4) is 0 Å². The summed E-state index contributed by atoms with van der Waals surface area (Å²) in [5, 5.41) is 29.4. The molecule has 0 fully saturated rings. The number of aliphatic hydroxyl groups is 2. The van der Waals surface area contributed by atoms with E-state index in [1.54, 1.807) is 0 Å². The molecular weight excluding hydrogens is 536 g/mol. The van der Waals surface area contributed by atoms with Crippen molar-refractivity contribution >= 4 is 5.97 Å². The van der Waals surface area contributed by atoms with E-state index in [9.17, 15) is 20.1 Å². The van der Waals surface area contributed by atoms with E-state index in [1.807, 2.05) is 21.1 Å². The maximum atomic E-state index is 12.2. The number of carboxylic acid groups (broad SMARTS) is 1. The fraction of sp³-hybridized carbons (Fsp3) is 0.973. The van der Waals surface area contributed by atoms with Gasteiger partial charge in [0.25, 0.3) is 0 Å². The molecule has 0 aliphatic carbocycles. The van der Waals surface area contributed by atoms with Crippen LogP contribution in [0.1, 0.15) is 174 Å². The Morgan fingerprint density at radius 2 is 0.721 bits per heavy atom. The first-order valence-electron chi connectivity index (χ1n) is 18.9. The first-order valence-corrected chi connectivity index (χ1v) is 18.9. The molecule has 0 radical (unpaired) electrons. The van der Waals surface area contributed by atoms with E-state index in [0.717, 1.165) is 12.8 Å². The number of hydrogen-bond acceptors (Lipinski definition) is 3. The average Bonchev–Trinajstić information content (AvgIpc) is 2.94. The number of carbonyl (C=O) groups is 1. The number of likely N-dealkylation sites (N-methyl/N-ethyl adjacent to an activating group) is 1. The number of rotatable bonds is 34. The van der Waals surface area contributed by atoms with Gasteiger partial charge in [-0.05, 0) is 12.8 Å². The largest absolute Gasteiger partial charge is 0.472 e. The Morgan fingerprint density at radius 3 is 0.930 bits per heavy atom. The number of unbranched alkanes of at least 4 members (excludes halogenated alkanes) is 25. The fourth-order valence-electron chi connectivity index (χ4n) is 7.14. The highest BCUT2D eigenvalue weighted by molar-refractivity contribution is 5.70. The standard InChI is InChI=1S/C37H77N2O4/c1-5-6-7-8-9-10-11-12-13-14-15-16-17-18-19-20-21-22-23-24-25-26-27-28-29-30-31-39(32-34-40,33-35-41)36(37(42)43)38(2,3)4/h36,40-41H,5-35H2,1-4H3/q+1/p+1. The van der Waals surface area contributed by atoms with Crippen LogP contribution in [0.2, 0.25) is 0 Å². The van der Waals surface area contributed by atoms with Crippen molar-refractivity contribution in [2.24, 2.45) is 0 Å². The van der Waals surface area contributed by atoms with Gasteiger partial charge in [-0.1, -0.05) is 161 Å². The molecule has 1 atom stereocenters. The summed E-state index contributed by atoms with van der Waals surface area (Å²) in [7, 11) is 5.67. The van der Waals surface area contributed by atoms with Gasteiger partial charge >= 0.3 is 12.1 Å². The van der Waals surface area contributed by atoms with E-state index in [-0.39, 0.29) is 22.2 Å². The Labute approximate surface area is 268 Å². The van der Waals surface area contributed by atoms with Gasteiger partial charge in [-0.2, -0.15) is 0 Å². The quantitative estimate of drug-likeness (QED) is 0.0384. The number of aliphatic hydroxyl groups excluding tert-OH is 2. The second kappa shape index (κ2) is 28.8. The Bertz CT molecular complexity index is 602. The van der Waals surface area contributed by atoms with E-state index in [4.69, 9.17) is 0 Å². The minimum atomic E-state index is -0.857.